The summed E-state index contributed by atoms with van der Waals surface area (Å²) in [5.74, 6) is 0.727. The Morgan fingerprint density at radius 2 is 2.05 bits per heavy atom. The van der Waals surface area contributed by atoms with E-state index in [1.807, 2.05) is 41.2 Å². The molecule has 22 heavy (non-hydrogen) atoms. The molecule has 4 heteroatoms. The zero-order valence-corrected chi connectivity index (χ0v) is 13.0. The highest BCUT2D eigenvalue weighted by atomic mass is 16.1. The van der Waals surface area contributed by atoms with Crippen LogP contribution in [0, 0.1) is 5.92 Å². The van der Waals surface area contributed by atoms with E-state index in [0.29, 0.717) is 18.4 Å². The fraction of sp³-hybridized carbons (Fsp3) is 0.444. The number of hydrogen-bond acceptors (Lipinski definition) is 2. The summed E-state index contributed by atoms with van der Waals surface area (Å²) < 4.78 is 1.81. The molecule has 1 saturated carbocycles. The van der Waals surface area contributed by atoms with Gasteiger partial charge in [0.05, 0.1) is 12.1 Å². The summed E-state index contributed by atoms with van der Waals surface area (Å²) >= 11 is 0. The lowest BCUT2D eigenvalue weighted by molar-refractivity contribution is -0.121. The monoisotopic (exact) mass is 297 g/mol. The van der Waals surface area contributed by atoms with Gasteiger partial charge in [0, 0.05) is 18.4 Å². The topological polar surface area (TPSA) is 46.9 Å². The van der Waals surface area contributed by atoms with Crippen molar-refractivity contribution in [1.29, 1.82) is 0 Å². The van der Waals surface area contributed by atoms with E-state index in [1.54, 1.807) is 6.20 Å². The zero-order valence-electron chi connectivity index (χ0n) is 13.0. The van der Waals surface area contributed by atoms with Crippen LogP contribution in [0.3, 0.4) is 0 Å². The standard InChI is InChI=1S/C18H23N3O/c1-14-5-2-3-6-17(14)20-18(22)13-15-7-9-16(10-8-15)21-12-4-11-19-21/h4,7-12,14,17H,2-3,5-6,13H2,1H3,(H,20,22)/t14-,17+/m0/s1. The Labute approximate surface area is 131 Å². The molecule has 1 aliphatic rings. The molecule has 0 saturated heterocycles. The van der Waals surface area contributed by atoms with Crippen molar-refractivity contribution in [2.45, 2.75) is 45.1 Å². The highest BCUT2D eigenvalue weighted by Gasteiger charge is 2.22. The van der Waals surface area contributed by atoms with Crippen LogP contribution in [-0.4, -0.2) is 21.7 Å². The zero-order chi connectivity index (χ0) is 15.4. The number of nitrogens with zero attached hydrogens (tertiary/aromatic N) is 2. The van der Waals surface area contributed by atoms with Crippen LogP contribution in [-0.2, 0) is 11.2 Å². The first-order valence-electron chi connectivity index (χ1n) is 8.11. The highest BCUT2D eigenvalue weighted by Crippen LogP contribution is 2.23. The molecule has 1 amide bonds. The summed E-state index contributed by atoms with van der Waals surface area (Å²) in [6, 6.07) is 10.2. The predicted molar refractivity (Wildman–Crippen MR) is 86.8 cm³/mol. The number of carbonyl (C=O) groups excluding carboxylic acids is 1. The van der Waals surface area contributed by atoms with Crippen molar-refractivity contribution >= 4 is 5.91 Å². The van der Waals surface area contributed by atoms with Gasteiger partial charge >= 0.3 is 0 Å². The number of rotatable bonds is 4. The quantitative estimate of drug-likeness (QED) is 0.942. The maximum atomic E-state index is 12.2. The van der Waals surface area contributed by atoms with Crippen LogP contribution in [0.5, 0.6) is 0 Å². The summed E-state index contributed by atoms with van der Waals surface area (Å²) in [7, 11) is 0. The third-order valence-electron chi connectivity index (χ3n) is 4.53. The first kappa shape index (κ1) is 14.8. The fourth-order valence-corrected chi connectivity index (χ4v) is 3.16. The summed E-state index contributed by atoms with van der Waals surface area (Å²) in [6.45, 7) is 2.24. The van der Waals surface area contributed by atoms with Gasteiger partial charge in [-0.2, -0.15) is 5.10 Å². The van der Waals surface area contributed by atoms with Crippen LogP contribution in [0.25, 0.3) is 5.69 Å². The molecule has 3 rings (SSSR count). The minimum absolute atomic E-state index is 0.130. The largest absolute Gasteiger partial charge is 0.353 e. The minimum Gasteiger partial charge on any atom is -0.353 e. The molecule has 1 N–H and O–H groups in total. The first-order valence-corrected chi connectivity index (χ1v) is 8.11. The number of carbonyl (C=O) groups is 1. The Morgan fingerprint density at radius 1 is 1.27 bits per heavy atom. The van der Waals surface area contributed by atoms with E-state index in [-0.39, 0.29) is 5.91 Å². The molecule has 4 nitrogen and oxygen atoms in total. The molecule has 116 valence electrons. The molecule has 0 spiro atoms. The fourth-order valence-electron chi connectivity index (χ4n) is 3.16. The van der Waals surface area contributed by atoms with Gasteiger partial charge in [-0.3, -0.25) is 4.79 Å². The van der Waals surface area contributed by atoms with E-state index in [4.69, 9.17) is 0 Å². The smallest absolute Gasteiger partial charge is 0.224 e. The molecule has 1 aliphatic carbocycles. The molecule has 1 aromatic carbocycles. The molecule has 1 fully saturated rings. The second-order valence-corrected chi connectivity index (χ2v) is 6.23. The van der Waals surface area contributed by atoms with Crippen LogP contribution >= 0.6 is 0 Å². The molecule has 1 aromatic heterocycles. The van der Waals surface area contributed by atoms with Gasteiger partial charge in [0.1, 0.15) is 0 Å². The van der Waals surface area contributed by atoms with Crippen molar-refractivity contribution in [1.82, 2.24) is 15.1 Å². The van der Waals surface area contributed by atoms with Crippen molar-refractivity contribution in [2.24, 2.45) is 5.92 Å². The lowest BCUT2D eigenvalue weighted by Gasteiger charge is -2.29. The number of amides is 1. The van der Waals surface area contributed by atoms with Crippen molar-refractivity contribution in [3.05, 3.63) is 48.3 Å². The van der Waals surface area contributed by atoms with Gasteiger partial charge in [-0.1, -0.05) is 31.9 Å². The Balaban J connectivity index is 1.57. The molecule has 0 bridgehead atoms. The summed E-state index contributed by atoms with van der Waals surface area (Å²) in [4.78, 5) is 12.2. The van der Waals surface area contributed by atoms with Gasteiger partial charge in [0.15, 0.2) is 0 Å². The number of hydrogen-bond donors (Lipinski definition) is 1. The molecular weight excluding hydrogens is 274 g/mol. The Morgan fingerprint density at radius 3 is 2.73 bits per heavy atom. The maximum absolute atomic E-state index is 12.2. The van der Waals surface area contributed by atoms with Crippen LogP contribution in [0.2, 0.25) is 0 Å². The average Bonchev–Trinajstić information content (AvgIpc) is 3.05. The van der Waals surface area contributed by atoms with E-state index in [9.17, 15) is 4.79 Å². The summed E-state index contributed by atoms with van der Waals surface area (Å²) in [5, 5.41) is 7.40. The molecule has 0 unspecified atom stereocenters. The van der Waals surface area contributed by atoms with Crippen molar-refractivity contribution in [2.75, 3.05) is 0 Å². The SMILES string of the molecule is C[C@H]1CCCC[C@H]1NC(=O)Cc1ccc(-n2cccn2)cc1. The molecule has 0 aliphatic heterocycles. The maximum Gasteiger partial charge on any atom is 0.224 e. The van der Waals surface area contributed by atoms with Gasteiger partial charge in [-0.25, -0.2) is 4.68 Å². The predicted octanol–water partition coefficient (Wildman–Crippen LogP) is 3.11. The normalized spacial score (nSPS) is 21.5. The van der Waals surface area contributed by atoms with E-state index < -0.39 is 0 Å². The summed E-state index contributed by atoms with van der Waals surface area (Å²) in [5.41, 5.74) is 2.05. The van der Waals surface area contributed by atoms with Crippen molar-refractivity contribution < 1.29 is 4.79 Å². The number of aromatic nitrogens is 2. The number of benzene rings is 1. The molecular formula is C18H23N3O. The van der Waals surface area contributed by atoms with E-state index in [2.05, 4.69) is 17.3 Å². The molecule has 2 atom stereocenters. The van der Waals surface area contributed by atoms with Gasteiger partial charge in [-0.05, 0) is 42.5 Å². The number of nitrogens with one attached hydrogen (secondary N) is 1. The Hall–Kier alpha value is -2.10. The molecule has 2 aromatic rings. The molecule has 0 radical (unpaired) electrons. The van der Waals surface area contributed by atoms with E-state index >= 15 is 0 Å². The summed E-state index contributed by atoms with van der Waals surface area (Å²) in [6.07, 6.45) is 8.98. The van der Waals surface area contributed by atoms with Gasteiger partial charge in [0.25, 0.3) is 0 Å². The van der Waals surface area contributed by atoms with Gasteiger partial charge in [0.2, 0.25) is 5.91 Å². The van der Waals surface area contributed by atoms with E-state index in [1.165, 1.54) is 19.3 Å². The Kier molecular flexibility index (Phi) is 4.56. The second kappa shape index (κ2) is 6.77. The lowest BCUT2D eigenvalue weighted by Crippen LogP contribution is -2.41. The Bertz CT molecular complexity index is 604. The third-order valence-corrected chi connectivity index (χ3v) is 4.53. The molecule has 1 heterocycles. The third kappa shape index (κ3) is 3.56. The van der Waals surface area contributed by atoms with Gasteiger partial charge in [-0.15, -0.1) is 0 Å². The minimum atomic E-state index is 0.130. The van der Waals surface area contributed by atoms with Crippen LogP contribution in [0.4, 0.5) is 0 Å². The van der Waals surface area contributed by atoms with Gasteiger partial charge < -0.3 is 5.32 Å². The van der Waals surface area contributed by atoms with Crippen LogP contribution in [0.15, 0.2) is 42.7 Å². The van der Waals surface area contributed by atoms with Crippen LogP contribution < -0.4 is 5.32 Å². The second-order valence-electron chi connectivity index (χ2n) is 6.23. The highest BCUT2D eigenvalue weighted by molar-refractivity contribution is 5.79. The van der Waals surface area contributed by atoms with Crippen molar-refractivity contribution in [3.63, 3.8) is 0 Å². The average molecular weight is 297 g/mol. The van der Waals surface area contributed by atoms with E-state index in [0.717, 1.165) is 17.7 Å². The lowest BCUT2D eigenvalue weighted by atomic mass is 9.86. The van der Waals surface area contributed by atoms with Crippen LogP contribution in [0.1, 0.15) is 38.2 Å². The van der Waals surface area contributed by atoms with Crippen molar-refractivity contribution in [3.8, 4) is 5.69 Å². The first-order chi connectivity index (χ1) is 10.7.